The van der Waals surface area contributed by atoms with Crippen molar-refractivity contribution in [2.45, 2.75) is 39.0 Å². The Morgan fingerprint density at radius 3 is 2.58 bits per heavy atom. The summed E-state index contributed by atoms with van der Waals surface area (Å²) in [5, 5.41) is 11.5. The van der Waals surface area contributed by atoms with Crippen molar-refractivity contribution in [2.24, 2.45) is 0 Å². The van der Waals surface area contributed by atoms with Gasteiger partial charge in [-0.3, -0.25) is 9.59 Å². The molecule has 1 amide bonds. The number of ether oxygens (including phenoxy) is 4. The fourth-order valence-corrected chi connectivity index (χ4v) is 5.19. The first-order chi connectivity index (χ1) is 19.4. The molecule has 1 saturated heterocycles. The van der Waals surface area contributed by atoms with Crippen LogP contribution >= 0.6 is 0 Å². The van der Waals surface area contributed by atoms with Crippen LogP contribution in [0.2, 0.25) is 0 Å². The monoisotopic (exact) mass is 543 g/mol. The zero-order chi connectivity index (χ0) is 28.2. The number of aliphatic hydroxyl groups excluding tert-OH is 1. The summed E-state index contributed by atoms with van der Waals surface area (Å²) < 4.78 is 23.0. The van der Waals surface area contributed by atoms with Gasteiger partial charge in [-0.1, -0.05) is 36.4 Å². The summed E-state index contributed by atoms with van der Waals surface area (Å²) in [6.45, 7) is 5.00. The fourth-order valence-electron chi connectivity index (χ4n) is 5.19. The van der Waals surface area contributed by atoms with Crippen molar-refractivity contribution in [3.05, 3.63) is 94.6 Å². The van der Waals surface area contributed by atoms with Crippen molar-refractivity contribution in [1.82, 2.24) is 4.90 Å². The number of rotatable bonds is 10. The lowest BCUT2D eigenvalue weighted by atomic mass is 9.94. The van der Waals surface area contributed by atoms with Crippen LogP contribution in [0.1, 0.15) is 42.1 Å². The number of ketones is 1. The second-order valence-corrected chi connectivity index (χ2v) is 9.85. The third-order valence-corrected chi connectivity index (χ3v) is 7.07. The number of carbonyl (C=O) groups excluding carboxylic acids is 2. The fraction of sp³-hybridized carbons (Fsp3) is 0.312. The molecule has 208 valence electrons. The number of hydrogen-bond acceptors (Lipinski definition) is 7. The van der Waals surface area contributed by atoms with Crippen molar-refractivity contribution in [3.8, 4) is 17.2 Å². The molecule has 0 radical (unpaired) electrons. The van der Waals surface area contributed by atoms with Crippen LogP contribution in [0, 0.1) is 0 Å². The van der Waals surface area contributed by atoms with Gasteiger partial charge >= 0.3 is 0 Å². The van der Waals surface area contributed by atoms with E-state index in [1.54, 1.807) is 30.3 Å². The smallest absolute Gasteiger partial charge is 0.295 e. The van der Waals surface area contributed by atoms with E-state index in [2.05, 4.69) is 0 Å². The highest BCUT2D eigenvalue weighted by atomic mass is 16.5. The molecule has 1 fully saturated rings. The first-order valence-electron chi connectivity index (χ1n) is 13.4. The molecule has 2 atom stereocenters. The molecule has 0 aromatic heterocycles. The molecule has 0 spiro atoms. The van der Waals surface area contributed by atoms with Gasteiger partial charge in [0, 0.05) is 25.6 Å². The third kappa shape index (κ3) is 5.40. The van der Waals surface area contributed by atoms with Gasteiger partial charge in [0.05, 0.1) is 24.8 Å². The summed E-state index contributed by atoms with van der Waals surface area (Å²) in [6, 6.07) is 19.6. The number of hydrogen-bond donors (Lipinski definition) is 1. The Morgan fingerprint density at radius 1 is 1.02 bits per heavy atom. The van der Waals surface area contributed by atoms with Crippen molar-refractivity contribution < 1.29 is 33.6 Å². The SMILES string of the molecule is CCOc1cc(C2/C(=C(/O)c3ccc4c(c3)CC(C)O4)C(=O)C(=O)N2CCOC)ccc1OCc1ccccc1. The molecule has 0 bridgehead atoms. The number of likely N-dealkylation sites (tertiary alicyclic amines) is 1. The molecule has 8 heteroatoms. The van der Waals surface area contributed by atoms with Crippen LogP contribution in [-0.2, 0) is 27.4 Å². The zero-order valence-electron chi connectivity index (χ0n) is 22.9. The van der Waals surface area contributed by atoms with Crippen molar-refractivity contribution >= 4 is 17.4 Å². The Balaban J connectivity index is 1.55. The molecule has 2 aliphatic heterocycles. The molecule has 2 unspecified atom stereocenters. The largest absolute Gasteiger partial charge is 0.507 e. The summed E-state index contributed by atoms with van der Waals surface area (Å²) in [7, 11) is 1.53. The van der Waals surface area contributed by atoms with Gasteiger partial charge in [0.15, 0.2) is 11.5 Å². The number of benzene rings is 3. The number of amides is 1. The Labute approximate surface area is 233 Å². The molecule has 2 heterocycles. The number of fused-ring (bicyclic) bond motifs is 1. The average molecular weight is 544 g/mol. The van der Waals surface area contributed by atoms with Gasteiger partial charge in [-0.15, -0.1) is 0 Å². The molecule has 3 aromatic carbocycles. The minimum atomic E-state index is -0.832. The standard InChI is InChI=1S/C32H33NO7/c1-4-38-27-18-22(10-13-26(27)39-19-21-8-6-5-7-9-21)29-28(31(35)32(36)33(29)14-15-37-3)30(34)23-11-12-25-24(17-23)16-20(2)40-25/h5-13,17-18,20,29,34H,4,14-16,19H2,1-3H3/b30-28-. The minimum Gasteiger partial charge on any atom is -0.507 e. The minimum absolute atomic E-state index is 0.0217. The van der Waals surface area contributed by atoms with Gasteiger partial charge in [-0.2, -0.15) is 0 Å². The highest BCUT2D eigenvalue weighted by molar-refractivity contribution is 6.46. The molecule has 0 aliphatic carbocycles. The normalized spacial score (nSPS) is 19.4. The predicted molar refractivity (Wildman–Crippen MR) is 150 cm³/mol. The maximum Gasteiger partial charge on any atom is 0.295 e. The van der Waals surface area contributed by atoms with Crippen LogP contribution in [0.4, 0.5) is 0 Å². The van der Waals surface area contributed by atoms with Crippen molar-refractivity contribution in [3.63, 3.8) is 0 Å². The predicted octanol–water partition coefficient (Wildman–Crippen LogP) is 5.06. The summed E-state index contributed by atoms with van der Waals surface area (Å²) in [5.74, 6) is 0.115. The highest BCUT2D eigenvalue weighted by Crippen LogP contribution is 2.43. The molecular formula is C32H33NO7. The molecule has 40 heavy (non-hydrogen) atoms. The first kappa shape index (κ1) is 27.3. The van der Waals surface area contributed by atoms with Gasteiger partial charge in [-0.25, -0.2) is 0 Å². The second-order valence-electron chi connectivity index (χ2n) is 9.85. The highest BCUT2D eigenvalue weighted by Gasteiger charge is 2.46. The lowest BCUT2D eigenvalue weighted by Gasteiger charge is -2.26. The molecule has 2 aliphatic rings. The van der Waals surface area contributed by atoms with Crippen LogP contribution in [0.3, 0.4) is 0 Å². The van der Waals surface area contributed by atoms with Gasteiger partial charge in [-0.05, 0) is 60.9 Å². The molecule has 8 nitrogen and oxygen atoms in total. The first-order valence-corrected chi connectivity index (χ1v) is 13.4. The molecule has 1 N–H and O–H groups in total. The number of nitrogens with zero attached hydrogens (tertiary/aromatic N) is 1. The van der Waals surface area contributed by atoms with Crippen LogP contribution in [0.15, 0.2) is 72.3 Å². The summed E-state index contributed by atoms with van der Waals surface area (Å²) >= 11 is 0. The Morgan fingerprint density at radius 2 is 1.82 bits per heavy atom. The Kier molecular flexibility index (Phi) is 8.07. The number of carbonyl (C=O) groups is 2. The topological polar surface area (TPSA) is 94.5 Å². The van der Waals surface area contributed by atoms with E-state index in [0.717, 1.165) is 16.9 Å². The lowest BCUT2D eigenvalue weighted by Crippen LogP contribution is -2.32. The van der Waals surface area contributed by atoms with E-state index in [9.17, 15) is 14.7 Å². The summed E-state index contributed by atoms with van der Waals surface area (Å²) in [4.78, 5) is 28.0. The van der Waals surface area contributed by atoms with E-state index in [1.807, 2.05) is 50.2 Å². The maximum absolute atomic E-state index is 13.4. The molecular weight excluding hydrogens is 510 g/mol. The van der Waals surface area contributed by atoms with Crippen LogP contribution in [0.5, 0.6) is 17.2 Å². The van der Waals surface area contributed by atoms with E-state index in [0.29, 0.717) is 42.3 Å². The van der Waals surface area contributed by atoms with E-state index in [4.69, 9.17) is 18.9 Å². The Bertz CT molecular complexity index is 1430. The quantitative estimate of drug-likeness (QED) is 0.217. The van der Waals surface area contributed by atoms with Crippen LogP contribution < -0.4 is 14.2 Å². The maximum atomic E-state index is 13.4. The molecule has 3 aromatic rings. The van der Waals surface area contributed by atoms with Crippen molar-refractivity contribution in [1.29, 1.82) is 0 Å². The molecule has 5 rings (SSSR count). The van der Waals surface area contributed by atoms with Crippen molar-refractivity contribution in [2.75, 3.05) is 26.9 Å². The van der Waals surface area contributed by atoms with E-state index >= 15 is 0 Å². The zero-order valence-corrected chi connectivity index (χ0v) is 22.9. The van der Waals surface area contributed by atoms with E-state index in [1.165, 1.54) is 12.0 Å². The van der Waals surface area contributed by atoms with E-state index < -0.39 is 17.7 Å². The third-order valence-electron chi connectivity index (χ3n) is 7.07. The second kappa shape index (κ2) is 11.8. The number of Topliss-reactive ketones (excluding diaryl/α,β-unsaturated/α-hetero) is 1. The number of aliphatic hydroxyl groups is 1. The summed E-state index contributed by atoms with van der Waals surface area (Å²) in [5.41, 5.74) is 3.05. The van der Waals surface area contributed by atoms with Crippen LogP contribution in [0.25, 0.3) is 5.76 Å². The van der Waals surface area contributed by atoms with Gasteiger partial charge in [0.1, 0.15) is 24.2 Å². The number of methoxy groups -OCH3 is 1. The van der Waals surface area contributed by atoms with Crippen LogP contribution in [-0.4, -0.2) is 54.7 Å². The van der Waals surface area contributed by atoms with E-state index in [-0.39, 0.29) is 30.6 Å². The summed E-state index contributed by atoms with van der Waals surface area (Å²) in [6.07, 6.45) is 0.733. The Hall–Kier alpha value is -4.30. The average Bonchev–Trinajstić information content (AvgIpc) is 3.46. The van der Waals surface area contributed by atoms with Gasteiger partial charge in [0.25, 0.3) is 11.7 Å². The van der Waals surface area contributed by atoms with Gasteiger partial charge in [0.2, 0.25) is 0 Å². The lowest BCUT2D eigenvalue weighted by molar-refractivity contribution is -0.140. The van der Waals surface area contributed by atoms with Gasteiger partial charge < -0.3 is 29.0 Å². The molecule has 0 saturated carbocycles.